The van der Waals surface area contributed by atoms with Gasteiger partial charge in [-0.05, 0) is 49.1 Å². The molecular weight excluding hydrogens is 480 g/mol. The van der Waals surface area contributed by atoms with Gasteiger partial charge in [-0.15, -0.1) is 0 Å². The molecule has 1 amide bonds. The Balaban J connectivity index is 1.33. The molecule has 0 radical (unpaired) electrons. The number of likely N-dealkylation sites (tertiary alicyclic amines) is 1. The minimum absolute atomic E-state index is 0.0782. The number of carboxylic acids is 1. The number of aromatic nitrogens is 2. The van der Waals surface area contributed by atoms with Gasteiger partial charge in [-0.2, -0.15) is 0 Å². The van der Waals surface area contributed by atoms with Crippen LogP contribution in [0.3, 0.4) is 0 Å². The lowest BCUT2D eigenvalue weighted by molar-refractivity contribution is -0.267. The lowest BCUT2D eigenvalue weighted by atomic mass is 10.0. The van der Waals surface area contributed by atoms with Gasteiger partial charge in [-0.1, -0.05) is 54.3 Å². The monoisotopic (exact) mass is 507 g/mol. The lowest BCUT2D eigenvalue weighted by Gasteiger charge is -2.34. The highest BCUT2D eigenvalue weighted by Crippen LogP contribution is 2.27. The van der Waals surface area contributed by atoms with E-state index in [1.165, 1.54) is 6.07 Å². The van der Waals surface area contributed by atoms with Crippen LogP contribution in [-0.2, 0) is 11.2 Å². The zero-order chi connectivity index (χ0) is 26.5. The van der Waals surface area contributed by atoms with Crippen molar-refractivity contribution in [1.29, 1.82) is 0 Å². The summed E-state index contributed by atoms with van der Waals surface area (Å²) in [4.78, 5) is 35.5. The van der Waals surface area contributed by atoms with Gasteiger partial charge in [0.2, 0.25) is 0 Å². The highest BCUT2D eigenvalue weighted by Gasteiger charge is 2.26. The first-order valence-corrected chi connectivity index (χ1v) is 12.6. The highest BCUT2D eigenvalue weighted by atomic mass is 16.4. The zero-order valence-corrected chi connectivity index (χ0v) is 20.8. The first-order valence-electron chi connectivity index (χ1n) is 12.6. The van der Waals surface area contributed by atoms with Crippen molar-refractivity contribution in [2.75, 3.05) is 18.4 Å². The third-order valence-corrected chi connectivity index (χ3v) is 6.48. The molecule has 1 fully saturated rings. The van der Waals surface area contributed by atoms with Crippen LogP contribution in [0.4, 0.5) is 5.69 Å². The fourth-order valence-corrected chi connectivity index (χ4v) is 4.42. The van der Waals surface area contributed by atoms with Crippen LogP contribution in [-0.4, -0.2) is 44.9 Å². The topological polar surface area (TPSA) is 118 Å². The normalized spacial score (nSPS) is 12.7. The number of benzene rings is 3. The van der Waals surface area contributed by atoms with E-state index in [1.54, 1.807) is 41.4 Å². The van der Waals surface area contributed by atoms with Gasteiger partial charge in [-0.25, -0.2) is 9.97 Å². The number of carbonyl (C=O) groups excluding carboxylic acids is 1. The second-order valence-electron chi connectivity index (χ2n) is 9.29. The van der Waals surface area contributed by atoms with E-state index in [1.807, 2.05) is 36.4 Å². The largest absolute Gasteiger partial charge is 0.871 e. The standard InChI is InChI=1S/C30H28N4O4/c35-27-12-6-4-10-24(27)31-17-20-18-34(19-20)30(38)22-14-15-23-26(16-22)32-25(11-5-7-13-28(36)37)29(33-23)21-8-2-1-3-9-21/h1-4,6,8-10,12,14-17,31,35H,5,7,11,13,18-19H2,(H,36,37)/p-1. The Morgan fingerprint density at radius 2 is 1.71 bits per heavy atom. The number of amides is 1. The Bertz CT molecular complexity index is 1510. The lowest BCUT2D eigenvalue weighted by Crippen LogP contribution is -2.44. The Morgan fingerprint density at radius 3 is 2.47 bits per heavy atom. The summed E-state index contributed by atoms with van der Waals surface area (Å²) in [5, 5.41) is 23.8. The maximum absolute atomic E-state index is 13.1. The third-order valence-electron chi connectivity index (χ3n) is 6.48. The second-order valence-corrected chi connectivity index (χ2v) is 9.29. The Labute approximate surface area is 220 Å². The molecule has 0 atom stereocenters. The molecule has 0 saturated carbocycles. The van der Waals surface area contributed by atoms with E-state index in [9.17, 15) is 14.7 Å². The molecule has 0 unspecified atom stereocenters. The summed E-state index contributed by atoms with van der Waals surface area (Å²) in [6, 6.07) is 21.9. The molecule has 1 aliphatic heterocycles. The number of hydrogen-bond acceptors (Lipinski definition) is 6. The Morgan fingerprint density at radius 1 is 0.947 bits per heavy atom. The SMILES string of the molecule is O=C(O)CCCCc1nc2cc(C(=O)N3CC(=CNc4ccccc4[O-])C3)ccc2nc1-c1ccccc1. The summed E-state index contributed by atoms with van der Waals surface area (Å²) in [5.41, 5.74) is 5.91. The van der Waals surface area contributed by atoms with E-state index in [0.29, 0.717) is 54.6 Å². The van der Waals surface area contributed by atoms with E-state index in [-0.39, 0.29) is 18.1 Å². The van der Waals surface area contributed by atoms with Crippen LogP contribution in [0.5, 0.6) is 5.75 Å². The first-order chi connectivity index (χ1) is 18.5. The predicted octanol–water partition coefficient (Wildman–Crippen LogP) is 4.62. The van der Waals surface area contributed by atoms with Crippen molar-refractivity contribution >= 4 is 28.6 Å². The molecule has 192 valence electrons. The van der Waals surface area contributed by atoms with Crippen LogP contribution in [0.1, 0.15) is 35.3 Å². The van der Waals surface area contributed by atoms with Crippen molar-refractivity contribution in [3.63, 3.8) is 0 Å². The minimum Gasteiger partial charge on any atom is -0.871 e. The predicted molar refractivity (Wildman–Crippen MR) is 144 cm³/mol. The number of aliphatic carboxylic acids is 1. The van der Waals surface area contributed by atoms with Crippen LogP contribution in [0.15, 0.2) is 84.6 Å². The Hall–Kier alpha value is -4.72. The van der Waals surface area contributed by atoms with Crippen molar-refractivity contribution < 1.29 is 19.8 Å². The maximum atomic E-state index is 13.1. The number of hydrogen-bond donors (Lipinski definition) is 2. The van der Waals surface area contributed by atoms with E-state index < -0.39 is 5.97 Å². The number of fused-ring (bicyclic) bond motifs is 1. The molecule has 0 spiro atoms. The van der Waals surface area contributed by atoms with E-state index in [0.717, 1.165) is 22.5 Å². The molecule has 4 aromatic rings. The van der Waals surface area contributed by atoms with Crippen molar-refractivity contribution in [2.45, 2.75) is 25.7 Å². The Kier molecular flexibility index (Phi) is 7.31. The molecule has 8 heteroatoms. The average Bonchev–Trinajstić information content (AvgIpc) is 2.90. The first kappa shape index (κ1) is 25.0. The summed E-state index contributed by atoms with van der Waals surface area (Å²) >= 11 is 0. The second kappa shape index (κ2) is 11.1. The number of anilines is 1. The number of nitrogens with zero attached hydrogens (tertiary/aromatic N) is 3. The number of unbranched alkanes of at least 4 members (excludes halogenated alkanes) is 1. The molecule has 1 saturated heterocycles. The molecule has 2 heterocycles. The van der Waals surface area contributed by atoms with Crippen molar-refractivity contribution in [3.05, 3.63) is 95.8 Å². The van der Waals surface area contributed by atoms with Gasteiger partial charge in [0.1, 0.15) is 0 Å². The van der Waals surface area contributed by atoms with Crippen molar-refractivity contribution in [2.24, 2.45) is 0 Å². The van der Waals surface area contributed by atoms with Crippen LogP contribution in [0.2, 0.25) is 0 Å². The molecule has 0 aliphatic carbocycles. The van der Waals surface area contributed by atoms with Gasteiger partial charge < -0.3 is 20.4 Å². The summed E-state index contributed by atoms with van der Waals surface area (Å²) in [7, 11) is 0. The number of aryl methyl sites for hydroxylation is 1. The van der Waals surface area contributed by atoms with Gasteiger partial charge >= 0.3 is 5.97 Å². The number of nitrogens with one attached hydrogen (secondary N) is 1. The van der Waals surface area contributed by atoms with Gasteiger partial charge in [0.15, 0.2) is 0 Å². The molecule has 5 rings (SSSR count). The van der Waals surface area contributed by atoms with Crippen molar-refractivity contribution in [1.82, 2.24) is 14.9 Å². The fraction of sp³-hybridized carbons (Fsp3) is 0.200. The summed E-state index contributed by atoms with van der Waals surface area (Å²) in [6.07, 6.45) is 3.73. The number of para-hydroxylation sites is 2. The zero-order valence-electron chi connectivity index (χ0n) is 20.8. The summed E-state index contributed by atoms with van der Waals surface area (Å²) in [6.45, 7) is 0.969. The van der Waals surface area contributed by atoms with E-state index >= 15 is 0 Å². The molecule has 2 N–H and O–H groups in total. The molecule has 3 aromatic carbocycles. The van der Waals surface area contributed by atoms with Gasteiger partial charge in [0.25, 0.3) is 5.91 Å². The van der Waals surface area contributed by atoms with Gasteiger partial charge in [0.05, 0.1) is 22.4 Å². The van der Waals surface area contributed by atoms with Gasteiger partial charge in [0, 0.05) is 42.5 Å². The van der Waals surface area contributed by atoms with Crippen LogP contribution >= 0.6 is 0 Å². The minimum atomic E-state index is -0.809. The van der Waals surface area contributed by atoms with Crippen LogP contribution in [0.25, 0.3) is 22.3 Å². The fourth-order valence-electron chi connectivity index (χ4n) is 4.42. The van der Waals surface area contributed by atoms with Crippen LogP contribution < -0.4 is 10.4 Å². The third kappa shape index (κ3) is 5.64. The quantitative estimate of drug-likeness (QED) is 0.317. The van der Waals surface area contributed by atoms with Crippen LogP contribution in [0, 0.1) is 0 Å². The smallest absolute Gasteiger partial charge is 0.303 e. The van der Waals surface area contributed by atoms with Gasteiger partial charge in [-0.3, -0.25) is 9.59 Å². The molecule has 1 aliphatic rings. The molecule has 38 heavy (non-hydrogen) atoms. The average molecular weight is 508 g/mol. The van der Waals surface area contributed by atoms with Crippen molar-refractivity contribution in [3.8, 4) is 17.0 Å². The highest BCUT2D eigenvalue weighted by molar-refractivity contribution is 5.98. The summed E-state index contributed by atoms with van der Waals surface area (Å²) in [5.74, 6) is -0.980. The van der Waals surface area contributed by atoms with E-state index in [2.05, 4.69) is 5.32 Å². The summed E-state index contributed by atoms with van der Waals surface area (Å²) < 4.78 is 0. The number of rotatable bonds is 9. The molecule has 8 nitrogen and oxygen atoms in total. The maximum Gasteiger partial charge on any atom is 0.303 e. The molecule has 1 aromatic heterocycles. The number of carbonyl (C=O) groups is 2. The number of carboxylic acid groups (broad SMARTS) is 1. The molecular formula is C30H27N4O4-. The van der Waals surface area contributed by atoms with E-state index in [4.69, 9.17) is 15.1 Å². The molecule has 0 bridgehead atoms.